The minimum Gasteiger partial charge on any atom is -0.360 e. The number of primary sulfonamides is 1. The van der Waals surface area contributed by atoms with Crippen LogP contribution in [0.25, 0.3) is 0 Å². The molecule has 0 aliphatic carbocycles. The van der Waals surface area contributed by atoms with Gasteiger partial charge < -0.3 is 15.2 Å². The summed E-state index contributed by atoms with van der Waals surface area (Å²) in [6.45, 7) is 2.95. The lowest BCUT2D eigenvalue weighted by atomic mass is 10.1. The summed E-state index contributed by atoms with van der Waals surface area (Å²) in [5.74, 6) is 0.901. The van der Waals surface area contributed by atoms with Gasteiger partial charge in [-0.05, 0) is 37.6 Å². The fraction of sp³-hybridized carbons (Fsp3) is 0.333. The standard InChI is InChI=1S/C15H20N4O4S/c1-11-10-14(19-23-11)18-15(20)7-9-17-8-6-12-2-4-13(5-3-12)24(16,21)22/h2-5,10,17H,6-9H2,1H3,(H2,16,21,22)(H,18,19,20). The first-order valence-corrected chi connectivity index (χ1v) is 8.95. The van der Waals surface area contributed by atoms with Crippen molar-refractivity contribution in [2.75, 3.05) is 18.4 Å². The highest BCUT2D eigenvalue weighted by Crippen LogP contribution is 2.09. The fourth-order valence-corrected chi connectivity index (χ4v) is 2.55. The number of hydrogen-bond acceptors (Lipinski definition) is 6. The average Bonchev–Trinajstić information content (AvgIpc) is 2.91. The number of aromatic nitrogens is 1. The Hall–Kier alpha value is -2.23. The van der Waals surface area contributed by atoms with Crippen molar-refractivity contribution < 1.29 is 17.7 Å². The van der Waals surface area contributed by atoms with E-state index in [2.05, 4.69) is 15.8 Å². The lowest BCUT2D eigenvalue weighted by Crippen LogP contribution is -2.23. The van der Waals surface area contributed by atoms with Gasteiger partial charge in [0.25, 0.3) is 0 Å². The summed E-state index contributed by atoms with van der Waals surface area (Å²) in [5.41, 5.74) is 0.984. The van der Waals surface area contributed by atoms with Crippen LogP contribution in [0, 0.1) is 6.92 Å². The number of nitrogens with zero attached hydrogens (tertiary/aromatic N) is 1. The molecule has 8 nitrogen and oxygen atoms in total. The van der Waals surface area contributed by atoms with E-state index in [1.807, 2.05) is 0 Å². The number of sulfonamides is 1. The van der Waals surface area contributed by atoms with Crippen molar-refractivity contribution in [2.45, 2.75) is 24.7 Å². The Bertz CT molecular complexity index is 784. The molecule has 0 unspecified atom stereocenters. The SMILES string of the molecule is Cc1cc(NC(=O)CCNCCc2ccc(S(N)(=O)=O)cc2)no1. The second-order valence-corrected chi connectivity index (χ2v) is 6.87. The predicted octanol–water partition coefficient (Wildman–Crippen LogP) is 0.791. The molecule has 4 N–H and O–H groups in total. The molecule has 1 aromatic carbocycles. The van der Waals surface area contributed by atoms with Gasteiger partial charge in [0.1, 0.15) is 5.76 Å². The van der Waals surface area contributed by atoms with E-state index in [4.69, 9.17) is 9.66 Å². The minimum absolute atomic E-state index is 0.0963. The summed E-state index contributed by atoms with van der Waals surface area (Å²) >= 11 is 0. The van der Waals surface area contributed by atoms with Gasteiger partial charge in [0.05, 0.1) is 4.90 Å². The number of anilines is 1. The zero-order chi connectivity index (χ0) is 17.6. The first-order chi connectivity index (χ1) is 11.3. The van der Waals surface area contributed by atoms with Crippen LogP contribution in [0.2, 0.25) is 0 Å². The second kappa shape index (κ2) is 8.04. The smallest absolute Gasteiger partial charge is 0.238 e. The third kappa shape index (κ3) is 5.76. The Labute approximate surface area is 140 Å². The largest absolute Gasteiger partial charge is 0.360 e. The quantitative estimate of drug-likeness (QED) is 0.603. The van der Waals surface area contributed by atoms with Crippen LogP contribution < -0.4 is 15.8 Å². The summed E-state index contributed by atoms with van der Waals surface area (Å²) in [5, 5.41) is 14.5. The summed E-state index contributed by atoms with van der Waals surface area (Å²) in [7, 11) is -3.65. The number of carbonyl (C=O) groups is 1. The Balaban J connectivity index is 1.65. The highest BCUT2D eigenvalue weighted by atomic mass is 32.2. The molecule has 130 valence electrons. The first-order valence-electron chi connectivity index (χ1n) is 7.40. The number of rotatable bonds is 8. The van der Waals surface area contributed by atoms with Gasteiger partial charge in [0.2, 0.25) is 15.9 Å². The minimum atomic E-state index is -3.65. The first kappa shape index (κ1) is 18.1. The van der Waals surface area contributed by atoms with Crippen molar-refractivity contribution in [3.05, 3.63) is 41.7 Å². The van der Waals surface area contributed by atoms with Crippen molar-refractivity contribution >= 4 is 21.7 Å². The van der Waals surface area contributed by atoms with Crippen molar-refractivity contribution in [1.29, 1.82) is 0 Å². The third-order valence-electron chi connectivity index (χ3n) is 3.27. The Morgan fingerprint density at radius 3 is 2.54 bits per heavy atom. The molecule has 2 aromatic rings. The van der Waals surface area contributed by atoms with Crippen LogP contribution in [0.3, 0.4) is 0 Å². The molecule has 1 amide bonds. The molecule has 2 rings (SSSR count). The fourth-order valence-electron chi connectivity index (χ4n) is 2.04. The van der Waals surface area contributed by atoms with Crippen LogP contribution in [0.4, 0.5) is 5.82 Å². The highest BCUT2D eigenvalue weighted by molar-refractivity contribution is 7.89. The second-order valence-electron chi connectivity index (χ2n) is 5.31. The zero-order valence-corrected chi connectivity index (χ0v) is 14.1. The molecule has 1 aromatic heterocycles. The van der Waals surface area contributed by atoms with Crippen LogP contribution in [-0.2, 0) is 21.2 Å². The van der Waals surface area contributed by atoms with E-state index >= 15 is 0 Å². The molecule has 0 aliphatic heterocycles. The topological polar surface area (TPSA) is 127 Å². The van der Waals surface area contributed by atoms with Gasteiger partial charge in [0.15, 0.2) is 5.82 Å². The summed E-state index contributed by atoms with van der Waals surface area (Å²) in [6, 6.07) is 8.06. The van der Waals surface area contributed by atoms with Crippen LogP contribution in [0.1, 0.15) is 17.7 Å². The van der Waals surface area contributed by atoms with Crippen LogP contribution >= 0.6 is 0 Å². The van der Waals surface area contributed by atoms with E-state index in [0.717, 1.165) is 12.0 Å². The van der Waals surface area contributed by atoms with Gasteiger partial charge in [-0.2, -0.15) is 0 Å². The number of aryl methyl sites for hydroxylation is 1. The molecule has 9 heteroatoms. The molecular formula is C15H20N4O4S. The monoisotopic (exact) mass is 352 g/mol. The molecule has 24 heavy (non-hydrogen) atoms. The van der Waals surface area contributed by atoms with E-state index < -0.39 is 10.0 Å². The van der Waals surface area contributed by atoms with E-state index in [0.29, 0.717) is 31.1 Å². The summed E-state index contributed by atoms with van der Waals surface area (Å²) < 4.78 is 27.2. The van der Waals surface area contributed by atoms with Crippen molar-refractivity contribution in [1.82, 2.24) is 10.5 Å². The van der Waals surface area contributed by atoms with Gasteiger partial charge in [-0.15, -0.1) is 0 Å². The van der Waals surface area contributed by atoms with Crippen molar-refractivity contribution in [3.63, 3.8) is 0 Å². The molecule has 0 fully saturated rings. The van der Waals surface area contributed by atoms with Gasteiger partial charge in [-0.25, -0.2) is 13.6 Å². The highest BCUT2D eigenvalue weighted by Gasteiger charge is 2.07. The summed E-state index contributed by atoms with van der Waals surface area (Å²) in [4.78, 5) is 11.8. The van der Waals surface area contributed by atoms with E-state index in [1.165, 1.54) is 12.1 Å². The van der Waals surface area contributed by atoms with Crippen LogP contribution in [0.15, 0.2) is 39.8 Å². The van der Waals surface area contributed by atoms with Gasteiger partial charge >= 0.3 is 0 Å². The van der Waals surface area contributed by atoms with Crippen molar-refractivity contribution in [3.8, 4) is 0 Å². The molecule has 0 radical (unpaired) electrons. The maximum atomic E-state index is 11.7. The molecule has 0 aliphatic rings. The van der Waals surface area contributed by atoms with E-state index in [-0.39, 0.29) is 10.8 Å². The van der Waals surface area contributed by atoms with E-state index in [9.17, 15) is 13.2 Å². The van der Waals surface area contributed by atoms with Gasteiger partial charge in [0, 0.05) is 19.0 Å². The molecular weight excluding hydrogens is 332 g/mol. The lowest BCUT2D eigenvalue weighted by Gasteiger charge is -2.06. The molecule has 0 bridgehead atoms. The Morgan fingerprint density at radius 2 is 1.96 bits per heavy atom. The zero-order valence-electron chi connectivity index (χ0n) is 13.3. The number of hydrogen-bond donors (Lipinski definition) is 3. The van der Waals surface area contributed by atoms with E-state index in [1.54, 1.807) is 25.1 Å². The maximum Gasteiger partial charge on any atom is 0.238 e. The molecule has 0 spiro atoms. The third-order valence-corrected chi connectivity index (χ3v) is 4.20. The number of nitrogens with two attached hydrogens (primary N) is 1. The summed E-state index contributed by atoms with van der Waals surface area (Å²) in [6.07, 6.45) is 1.03. The Kier molecular flexibility index (Phi) is 6.07. The maximum absolute atomic E-state index is 11.7. The molecule has 1 heterocycles. The predicted molar refractivity (Wildman–Crippen MR) is 88.9 cm³/mol. The molecule has 0 atom stereocenters. The number of carbonyl (C=O) groups excluding carboxylic acids is 1. The number of nitrogens with one attached hydrogen (secondary N) is 2. The van der Waals surface area contributed by atoms with Gasteiger partial charge in [-0.3, -0.25) is 4.79 Å². The molecule has 0 saturated heterocycles. The average molecular weight is 352 g/mol. The van der Waals surface area contributed by atoms with Crippen LogP contribution in [-0.4, -0.2) is 32.6 Å². The normalized spacial score (nSPS) is 11.4. The van der Waals surface area contributed by atoms with Crippen LogP contribution in [0.5, 0.6) is 0 Å². The van der Waals surface area contributed by atoms with Gasteiger partial charge in [-0.1, -0.05) is 17.3 Å². The van der Waals surface area contributed by atoms with Crippen molar-refractivity contribution in [2.24, 2.45) is 5.14 Å². The number of benzene rings is 1. The number of amides is 1. The lowest BCUT2D eigenvalue weighted by molar-refractivity contribution is -0.116. The molecule has 0 saturated carbocycles. The Morgan fingerprint density at radius 1 is 1.25 bits per heavy atom.